The van der Waals surface area contributed by atoms with E-state index >= 15 is 0 Å². The summed E-state index contributed by atoms with van der Waals surface area (Å²) in [5.74, 6) is -0.514. The van der Waals surface area contributed by atoms with Crippen LogP contribution in [0, 0.1) is 13.8 Å². The first kappa shape index (κ1) is 23.2. The monoisotopic (exact) mass is 477 g/mol. The van der Waals surface area contributed by atoms with Crippen molar-refractivity contribution in [2.45, 2.75) is 20.8 Å². The van der Waals surface area contributed by atoms with Gasteiger partial charge in [0, 0.05) is 10.8 Å². The first-order chi connectivity index (χ1) is 16.4. The van der Waals surface area contributed by atoms with Crippen LogP contribution in [0.2, 0.25) is 0 Å². The van der Waals surface area contributed by atoms with E-state index in [4.69, 9.17) is 9.47 Å². The molecule has 0 aliphatic rings. The number of esters is 1. The molecule has 0 saturated heterocycles. The molecule has 0 atom stereocenters. The van der Waals surface area contributed by atoms with Gasteiger partial charge in [0.25, 0.3) is 11.5 Å². The van der Waals surface area contributed by atoms with Crippen molar-refractivity contribution >= 4 is 39.0 Å². The minimum atomic E-state index is -0.646. The molecule has 9 heteroatoms. The number of hydrogen-bond donors (Lipinski definition) is 1. The fourth-order valence-electron chi connectivity index (χ4n) is 3.37. The Bertz CT molecular complexity index is 1420. The third-order valence-corrected chi connectivity index (χ3v) is 5.91. The van der Waals surface area contributed by atoms with Gasteiger partial charge in [-0.05, 0) is 50.6 Å². The molecule has 0 fully saturated rings. The lowest BCUT2D eigenvalue weighted by Gasteiger charge is -2.10. The fourth-order valence-corrected chi connectivity index (χ4v) is 4.33. The van der Waals surface area contributed by atoms with Crippen molar-refractivity contribution in [2.24, 2.45) is 0 Å². The van der Waals surface area contributed by atoms with Crippen molar-refractivity contribution in [2.75, 3.05) is 18.5 Å². The van der Waals surface area contributed by atoms with E-state index in [0.29, 0.717) is 21.8 Å². The van der Waals surface area contributed by atoms with Crippen LogP contribution in [-0.2, 0) is 9.53 Å². The molecular formula is C25H23N3O5S. The van der Waals surface area contributed by atoms with E-state index in [0.717, 1.165) is 27.1 Å². The average molecular weight is 478 g/mol. The molecule has 1 N–H and O–H groups in total. The summed E-state index contributed by atoms with van der Waals surface area (Å²) in [6, 6.07) is 14.5. The van der Waals surface area contributed by atoms with Gasteiger partial charge < -0.3 is 14.8 Å². The largest absolute Gasteiger partial charge is 0.484 e. The number of benzene rings is 2. The molecule has 0 unspecified atom stereocenters. The molecule has 2 aromatic carbocycles. The second-order valence-corrected chi connectivity index (χ2v) is 8.51. The van der Waals surface area contributed by atoms with Gasteiger partial charge in [-0.15, -0.1) is 11.3 Å². The maximum atomic E-state index is 13.4. The Morgan fingerprint density at radius 2 is 1.85 bits per heavy atom. The van der Waals surface area contributed by atoms with E-state index in [9.17, 15) is 14.4 Å². The number of amides is 1. The summed E-state index contributed by atoms with van der Waals surface area (Å²) in [6.07, 6.45) is 0. The zero-order chi connectivity index (χ0) is 24.2. The van der Waals surface area contributed by atoms with Crippen molar-refractivity contribution in [1.29, 1.82) is 0 Å². The average Bonchev–Trinajstić information content (AvgIpc) is 3.23. The maximum Gasteiger partial charge on any atom is 0.359 e. The summed E-state index contributed by atoms with van der Waals surface area (Å²) in [6.45, 7) is 5.48. The quantitative estimate of drug-likeness (QED) is 0.399. The van der Waals surface area contributed by atoms with Crippen molar-refractivity contribution in [3.63, 3.8) is 0 Å². The molecular weight excluding hydrogens is 454 g/mol. The van der Waals surface area contributed by atoms with E-state index in [-0.39, 0.29) is 24.3 Å². The van der Waals surface area contributed by atoms with E-state index in [2.05, 4.69) is 10.4 Å². The molecule has 1 amide bonds. The van der Waals surface area contributed by atoms with Gasteiger partial charge in [0.2, 0.25) is 0 Å². The molecule has 174 valence electrons. The first-order valence-electron chi connectivity index (χ1n) is 10.7. The molecule has 0 aliphatic carbocycles. The molecule has 2 heterocycles. The lowest BCUT2D eigenvalue weighted by Crippen LogP contribution is -2.26. The normalized spacial score (nSPS) is 10.8. The zero-order valence-electron chi connectivity index (χ0n) is 19.0. The number of carbonyl (C=O) groups excluding carboxylic acids is 2. The molecule has 0 aliphatic heterocycles. The number of aromatic nitrogens is 2. The molecule has 0 spiro atoms. The highest BCUT2D eigenvalue weighted by Gasteiger charge is 2.23. The molecule has 34 heavy (non-hydrogen) atoms. The highest BCUT2D eigenvalue weighted by atomic mass is 32.1. The third-order valence-electron chi connectivity index (χ3n) is 5.01. The lowest BCUT2D eigenvalue weighted by atomic mass is 10.2. The van der Waals surface area contributed by atoms with Crippen molar-refractivity contribution in [3.8, 4) is 11.4 Å². The Morgan fingerprint density at radius 3 is 2.56 bits per heavy atom. The van der Waals surface area contributed by atoms with Crippen LogP contribution < -0.4 is 15.6 Å². The van der Waals surface area contributed by atoms with Crippen molar-refractivity contribution in [1.82, 2.24) is 9.78 Å². The summed E-state index contributed by atoms with van der Waals surface area (Å²) in [5.41, 5.74) is 2.06. The van der Waals surface area contributed by atoms with Gasteiger partial charge in [0.15, 0.2) is 12.3 Å². The number of thiophene rings is 1. The smallest absolute Gasteiger partial charge is 0.359 e. The summed E-state index contributed by atoms with van der Waals surface area (Å²) in [4.78, 5) is 38.6. The van der Waals surface area contributed by atoms with Crippen LogP contribution in [-0.4, -0.2) is 34.9 Å². The van der Waals surface area contributed by atoms with Crippen LogP contribution in [0.15, 0.2) is 58.7 Å². The zero-order valence-corrected chi connectivity index (χ0v) is 19.8. The molecule has 0 bridgehead atoms. The second-order valence-electron chi connectivity index (χ2n) is 7.63. The number of aryl methyl sites for hydroxylation is 2. The Morgan fingerprint density at radius 1 is 1.09 bits per heavy atom. The summed E-state index contributed by atoms with van der Waals surface area (Å²) < 4.78 is 11.9. The van der Waals surface area contributed by atoms with Crippen LogP contribution in [0.4, 0.5) is 5.00 Å². The number of anilines is 1. The summed E-state index contributed by atoms with van der Waals surface area (Å²) in [7, 11) is 0. The van der Waals surface area contributed by atoms with Crippen molar-refractivity contribution in [3.05, 3.63) is 81.1 Å². The van der Waals surface area contributed by atoms with Crippen LogP contribution in [0.25, 0.3) is 16.5 Å². The molecule has 0 radical (unpaired) electrons. The minimum Gasteiger partial charge on any atom is -0.484 e. The minimum absolute atomic E-state index is 0.00519. The van der Waals surface area contributed by atoms with Gasteiger partial charge in [0.05, 0.1) is 17.7 Å². The van der Waals surface area contributed by atoms with Gasteiger partial charge >= 0.3 is 5.97 Å². The fraction of sp³-hybridized carbons (Fsp3) is 0.200. The number of fused-ring (bicyclic) bond motifs is 1. The van der Waals surface area contributed by atoms with Crippen LogP contribution in [0.1, 0.15) is 28.5 Å². The Kier molecular flexibility index (Phi) is 6.74. The molecule has 4 aromatic rings. The number of carbonyl (C=O) groups is 2. The lowest BCUT2D eigenvalue weighted by molar-refractivity contribution is -0.118. The highest BCUT2D eigenvalue weighted by molar-refractivity contribution is 7.16. The highest BCUT2D eigenvalue weighted by Crippen LogP contribution is 2.30. The van der Waals surface area contributed by atoms with Gasteiger partial charge in [-0.3, -0.25) is 9.59 Å². The summed E-state index contributed by atoms with van der Waals surface area (Å²) in [5, 5.41) is 9.49. The molecule has 0 saturated carbocycles. The van der Waals surface area contributed by atoms with Crippen LogP contribution in [0.5, 0.6) is 5.75 Å². The van der Waals surface area contributed by atoms with Gasteiger partial charge in [-0.1, -0.05) is 29.8 Å². The van der Waals surface area contributed by atoms with E-state index < -0.39 is 17.4 Å². The number of nitrogens with zero attached hydrogens (tertiary/aromatic N) is 2. The van der Waals surface area contributed by atoms with Crippen LogP contribution in [0.3, 0.4) is 0 Å². The van der Waals surface area contributed by atoms with Gasteiger partial charge in [-0.2, -0.15) is 9.78 Å². The third kappa shape index (κ3) is 4.84. The standard InChI is InChI=1S/C25H23N3O5S/c1-4-32-25(31)22-19-14-34-23(26-20(29)13-33-18-10-8-15(2)9-11-18)21(19)24(30)28(27-22)17-7-5-6-16(3)12-17/h5-12,14H,4,13H2,1-3H3,(H,26,29). The predicted octanol–water partition coefficient (Wildman–Crippen LogP) is 4.26. The molecule has 8 nitrogen and oxygen atoms in total. The Labute approximate surface area is 199 Å². The topological polar surface area (TPSA) is 99.5 Å². The maximum absolute atomic E-state index is 13.4. The molecule has 4 rings (SSSR count). The SMILES string of the molecule is CCOC(=O)c1nn(-c2cccc(C)c2)c(=O)c2c(NC(=O)COc3ccc(C)cc3)scc12. The number of ether oxygens (including phenoxy) is 2. The first-order valence-corrected chi connectivity index (χ1v) is 11.5. The number of nitrogens with one attached hydrogen (secondary N) is 1. The van der Waals surface area contributed by atoms with Crippen molar-refractivity contribution < 1.29 is 19.1 Å². The molecule has 2 aromatic heterocycles. The number of rotatable bonds is 7. The second kappa shape index (κ2) is 9.88. The van der Waals surface area contributed by atoms with Gasteiger partial charge in [-0.25, -0.2) is 4.79 Å². The van der Waals surface area contributed by atoms with Gasteiger partial charge in [0.1, 0.15) is 10.8 Å². The summed E-state index contributed by atoms with van der Waals surface area (Å²) >= 11 is 1.14. The Hall–Kier alpha value is -3.98. The van der Waals surface area contributed by atoms with E-state index in [1.807, 2.05) is 32.0 Å². The van der Waals surface area contributed by atoms with Crippen LogP contribution >= 0.6 is 11.3 Å². The number of hydrogen-bond acceptors (Lipinski definition) is 7. The predicted molar refractivity (Wildman–Crippen MR) is 131 cm³/mol. The van der Waals surface area contributed by atoms with E-state index in [1.54, 1.807) is 42.6 Å². The van der Waals surface area contributed by atoms with E-state index in [1.165, 1.54) is 0 Å². The Balaban J connectivity index is 1.71.